The highest BCUT2D eigenvalue weighted by molar-refractivity contribution is 7.14. The Kier molecular flexibility index (Phi) is 5.78. The standard InChI is InChI=1S/C20H18F3N3O2S/c1-11-8-9-29-19(11)26-16-5-4-13(20(21,22)23)10-14(16)18(27)25-15-6-7-17(28-3)24-12(15)2/h4-10,26H,1-3H3,(H,25,27). The summed E-state index contributed by atoms with van der Waals surface area (Å²) in [5, 5.41) is 8.29. The first kappa shape index (κ1) is 20.7. The topological polar surface area (TPSA) is 63.2 Å². The maximum Gasteiger partial charge on any atom is 0.416 e. The number of carbonyl (C=O) groups is 1. The lowest BCUT2D eigenvalue weighted by atomic mass is 10.1. The molecule has 0 unspecified atom stereocenters. The first-order valence-electron chi connectivity index (χ1n) is 8.54. The van der Waals surface area contributed by atoms with Crippen LogP contribution in [0.4, 0.5) is 29.5 Å². The second-order valence-corrected chi connectivity index (χ2v) is 7.17. The highest BCUT2D eigenvalue weighted by atomic mass is 32.1. The van der Waals surface area contributed by atoms with Crippen molar-refractivity contribution in [3.8, 4) is 5.88 Å². The summed E-state index contributed by atoms with van der Waals surface area (Å²) in [4.78, 5) is 17.0. The summed E-state index contributed by atoms with van der Waals surface area (Å²) in [6.45, 7) is 3.54. The average Bonchev–Trinajstić information content (AvgIpc) is 3.07. The third-order valence-corrected chi connectivity index (χ3v) is 5.15. The molecule has 5 nitrogen and oxygen atoms in total. The predicted octanol–water partition coefficient (Wildman–Crippen LogP) is 5.78. The number of pyridine rings is 1. The van der Waals surface area contributed by atoms with Gasteiger partial charge in [0, 0.05) is 6.07 Å². The maximum atomic E-state index is 13.2. The van der Waals surface area contributed by atoms with Crippen LogP contribution in [0.5, 0.6) is 5.88 Å². The number of hydrogen-bond donors (Lipinski definition) is 2. The van der Waals surface area contributed by atoms with Crippen molar-refractivity contribution in [2.75, 3.05) is 17.7 Å². The summed E-state index contributed by atoms with van der Waals surface area (Å²) in [6, 6.07) is 8.07. The van der Waals surface area contributed by atoms with Crippen molar-refractivity contribution in [1.82, 2.24) is 4.98 Å². The lowest BCUT2D eigenvalue weighted by molar-refractivity contribution is -0.137. The van der Waals surface area contributed by atoms with Crippen LogP contribution in [0.3, 0.4) is 0 Å². The zero-order chi connectivity index (χ0) is 21.2. The van der Waals surface area contributed by atoms with E-state index in [0.29, 0.717) is 17.3 Å². The van der Waals surface area contributed by atoms with Crippen molar-refractivity contribution in [1.29, 1.82) is 0 Å². The van der Waals surface area contributed by atoms with E-state index in [-0.39, 0.29) is 11.3 Å². The lowest BCUT2D eigenvalue weighted by Crippen LogP contribution is -2.17. The molecular formula is C20H18F3N3O2S. The van der Waals surface area contributed by atoms with Crippen LogP contribution in [0, 0.1) is 13.8 Å². The van der Waals surface area contributed by atoms with E-state index in [1.54, 1.807) is 19.1 Å². The van der Waals surface area contributed by atoms with E-state index < -0.39 is 17.6 Å². The van der Waals surface area contributed by atoms with Gasteiger partial charge < -0.3 is 15.4 Å². The fraction of sp³-hybridized carbons (Fsp3) is 0.200. The number of aromatic nitrogens is 1. The molecule has 1 aromatic carbocycles. The lowest BCUT2D eigenvalue weighted by Gasteiger charge is -2.16. The van der Waals surface area contributed by atoms with E-state index in [2.05, 4.69) is 15.6 Å². The Bertz CT molecular complexity index is 1050. The number of rotatable bonds is 5. The molecule has 2 heterocycles. The summed E-state index contributed by atoms with van der Waals surface area (Å²) in [5.41, 5.74) is 1.04. The Morgan fingerprint density at radius 2 is 1.83 bits per heavy atom. The van der Waals surface area contributed by atoms with E-state index in [1.165, 1.54) is 24.5 Å². The number of carbonyl (C=O) groups excluding carboxylic acids is 1. The Labute approximate surface area is 169 Å². The molecule has 0 aliphatic rings. The van der Waals surface area contributed by atoms with Crippen LogP contribution >= 0.6 is 11.3 Å². The molecule has 1 amide bonds. The van der Waals surface area contributed by atoms with Gasteiger partial charge in [0.2, 0.25) is 5.88 Å². The summed E-state index contributed by atoms with van der Waals surface area (Å²) in [7, 11) is 1.47. The molecule has 0 fully saturated rings. The molecule has 2 N–H and O–H groups in total. The van der Waals surface area contributed by atoms with E-state index in [4.69, 9.17) is 4.74 Å². The minimum atomic E-state index is -4.57. The summed E-state index contributed by atoms with van der Waals surface area (Å²) >= 11 is 1.40. The van der Waals surface area contributed by atoms with Crippen molar-refractivity contribution >= 4 is 33.6 Å². The molecule has 2 aromatic heterocycles. The van der Waals surface area contributed by atoms with Gasteiger partial charge in [0.05, 0.1) is 40.3 Å². The van der Waals surface area contributed by atoms with Gasteiger partial charge in [0.1, 0.15) is 0 Å². The molecule has 0 radical (unpaired) electrons. The number of benzene rings is 1. The van der Waals surface area contributed by atoms with Gasteiger partial charge in [-0.25, -0.2) is 4.98 Å². The summed E-state index contributed by atoms with van der Waals surface area (Å²) in [5.74, 6) is -0.307. The normalized spacial score (nSPS) is 11.2. The van der Waals surface area contributed by atoms with E-state index in [1.807, 2.05) is 18.4 Å². The van der Waals surface area contributed by atoms with Gasteiger partial charge >= 0.3 is 6.18 Å². The monoisotopic (exact) mass is 421 g/mol. The first-order chi connectivity index (χ1) is 13.7. The number of halogens is 3. The van der Waals surface area contributed by atoms with Gasteiger partial charge in [0.25, 0.3) is 5.91 Å². The number of aryl methyl sites for hydroxylation is 2. The van der Waals surface area contributed by atoms with E-state index >= 15 is 0 Å². The minimum Gasteiger partial charge on any atom is -0.481 e. The number of nitrogens with one attached hydrogen (secondary N) is 2. The van der Waals surface area contributed by atoms with Crippen LogP contribution in [0.2, 0.25) is 0 Å². The average molecular weight is 421 g/mol. The highest BCUT2D eigenvalue weighted by Crippen LogP contribution is 2.34. The van der Waals surface area contributed by atoms with Crippen LogP contribution < -0.4 is 15.4 Å². The molecule has 152 valence electrons. The minimum absolute atomic E-state index is 0.122. The molecule has 0 saturated heterocycles. The van der Waals surface area contributed by atoms with Crippen molar-refractivity contribution < 1.29 is 22.7 Å². The molecule has 0 saturated carbocycles. The zero-order valence-electron chi connectivity index (χ0n) is 15.8. The van der Waals surface area contributed by atoms with Gasteiger partial charge in [-0.1, -0.05) is 0 Å². The molecule has 9 heteroatoms. The number of ether oxygens (including phenoxy) is 1. The molecule has 0 aliphatic heterocycles. The third-order valence-electron chi connectivity index (χ3n) is 4.22. The van der Waals surface area contributed by atoms with Crippen molar-refractivity contribution in [2.45, 2.75) is 20.0 Å². The van der Waals surface area contributed by atoms with Crippen LogP contribution in [-0.4, -0.2) is 18.0 Å². The maximum absolute atomic E-state index is 13.2. The van der Waals surface area contributed by atoms with Crippen LogP contribution in [0.25, 0.3) is 0 Å². The third kappa shape index (κ3) is 4.68. The van der Waals surface area contributed by atoms with E-state index in [0.717, 1.165) is 22.7 Å². The van der Waals surface area contributed by atoms with Crippen molar-refractivity contribution in [3.63, 3.8) is 0 Å². The Morgan fingerprint density at radius 1 is 1.10 bits per heavy atom. The second kappa shape index (κ2) is 8.12. The number of alkyl halides is 3. The molecule has 0 spiro atoms. The molecule has 29 heavy (non-hydrogen) atoms. The van der Waals surface area contributed by atoms with Crippen LogP contribution in [-0.2, 0) is 6.18 Å². The fourth-order valence-electron chi connectivity index (χ4n) is 2.61. The quantitative estimate of drug-likeness (QED) is 0.548. The molecule has 0 bridgehead atoms. The zero-order valence-corrected chi connectivity index (χ0v) is 16.7. The summed E-state index contributed by atoms with van der Waals surface area (Å²) < 4.78 is 44.6. The Morgan fingerprint density at radius 3 is 2.41 bits per heavy atom. The molecule has 0 aliphatic carbocycles. The van der Waals surface area contributed by atoms with Gasteiger partial charge in [-0.3, -0.25) is 4.79 Å². The molecular weight excluding hydrogens is 403 g/mol. The largest absolute Gasteiger partial charge is 0.481 e. The Balaban J connectivity index is 1.98. The number of hydrogen-bond acceptors (Lipinski definition) is 5. The second-order valence-electron chi connectivity index (χ2n) is 6.26. The number of anilines is 3. The molecule has 3 aromatic rings. The van der Waals surface area contributed by atoms with Crippen LogP contribution in [0.15, 0.2) is 41.8 Å². The Hall–Kier alpha value is -3.07. The van der Waals surface area contributed by atoms with Gasteiger partial charge in [-0.2, -0.15) is 13.2 Å². The van der Waals surface area contributed by atoms with Gasteiger partial charge in [-0.05, 0) is 55.1 Å². The van der Waals surface area contributed by atoms with E-state index in [9.17, 15) is 18.0 Å². The predicted molar refractivity (Wildman–Crippen MR) is 107 cm³/mol. The fourth-order valence-corrected chi connectivity index (χ4v) is 3.45. The number of methoxy groups -OCH3 is 1. The van der Waals surface area contributed by atoms with Crippen molar-refractivity contribution in [2.24, 2.45) is 0 Å². The first-order valence-corrected chi connectivity index (χ1v) is 9.42. The van der Waals surface area contributed by atoms with Crippen molar-refractivity contribution in [3.05, 3.63) is 64.2 Å². The number of thiophene rings is 1. The van der Waals surface area contributed by atoms with Gasteiger partial charge in [-0.15, -0.1) is 11.3 Å². The highest BCUT2D eigenvalue weighted by Gasteiger charge is 2.32. The number of amides is 1. The number of nitrogens with zero attached hydrogens (tertiary/aromatic N) is 1. The van der Waals surface area contributed by atoms with Crippen LogP contribution in [0.1, 0.15) is 27.2 Å². The molecule has 0 atom stereocenters. The van der Waals surface area contributed by atoms with Gasteiger partial charge in [0.15, 0.2) is 0 Å². The SMILES string of the molecule is COc1ccc(NC(=O)c2cc(C(F)(F)F)ccc2Nc2sccc2C)c(C)n1. The smallest absolute Gasteiger partial charge is 0.416 e. The molecule has 3 rings (SSSR count). The summed E-state index contributed by atoms with van der Waals surface area (Å²) in [6.07, 6.45) is -4.57.